The second-order valence-electron chi connectivity index (χ2n) is 4.19. The van der Waals surface area contributed by atoms with Gasteiger partial charge in [-0.15, -0.1) is 0 Å². The van der Waals surface area contributed by atoms with Crippen LogP contribution < -0.4 is 5.32 Å². The van der Waals surface area contributed by atoms with E-state index in [4.69, 9.17) is 4.42 Å². The summed E-state index contributed by atoms with van der Waals surface area (Å²) < 4.78 is 5.56. The van der Waals surface area contributed by atoms with Gasteiger partial charge in [-0.25, -0.2) is 4.98 Å². The van der Waals surface area contributed by atoms with Gasteiger partial charge in [0.25, 0.3) is 0 Å². The molecule has 0 fully saturated rings. The molecule has 0 radical (unpaired) electrons. The van der Waals surface area contributed by atoms with Gasteiger partial charge in [0.05, 0.1) is 5.69 Å². The van der Waals surface area contributed by atoms with E-state index in [1.807, 2.05) is 0 Å². The van der Waals surface area contributed by atoms with E-state index in [1.54, 1.807) is 6.26 Å². The number of hydrogen-bond acceptors (Lipinski definition) is 3. The van der Waals surface area contributed by atoms with Crippen LogP contribution in [0.1, 0.15) is 23.7 Å². The third-order valence-electron chi connectivity index (χ3n) is 2.80. The fraction of sp³-hybridized carbons (Fsp3) is 0.357. The summed E-state index contributed by atoms with van der Waals surface area (Å²) in [5.74, 6) is 0.716. The Balaban J connectivity index is 2.30. The van der Waals surface area contributed by atoms with Crippen molar-refractivity contribution in [2.45, 2.75) is 27.3 Å². The summed E-state index contributed by atoms with van der Waals surface area (Å²) >= 11 is 0. The zero-order valence-corrected chi connectivity index (χ0v) is 10.6. The van der Waals surface area contributed by atoms with Gasteiger partial charge in [0.2, 0.25) is 5.89 Å². The Kier molecular flexibility index (Phi) is 3.59. The van der Waals surface area contributed by atoms with Crippen molar-refractivity contribution >= 4 is 0 Å². The summed E-state index contributed by atoms with van der Waals surface area (Å²) in [5.41, 5.74) is 4.45. The first-order chi connectivity index (χ1) is 8.22. The molecule has 1 aromatic heterocycles. The molecule has 0 saturated heterocycles. The standard InChI is InChI=1S/C14H18N2O/c1-4-15-8-12-9-17-14(16-12)13-10(2)6-5-7-11(13)3/h5-7,9,15H,4,8H2,1-3H3. The Bertz CT molecular complexity index is 482. The maximum atomic E-state index is 5.56. The highest BCUT2D eigenvalue weighted by Crippen LogP contribution is 2.26. The van der Waals surface area contributed by atoms with E-state index in [0.717, 1.165) is 24.3 Å². The lowest BCUT2D eigenvalue weighted by molar-refractivity contribution is 0.570. The minimum Gasteiger partial charge on any atom is -0.444 e. The lowest BCUT2D eigenvalue weighted by atomic mass is 10.0. The van der Waals surface area contributed by atoms with Gasteiger partial charge in [-0.3, -0.25) is 0 Å². The van der Waals surface area contributed by atoms with E-state index in [2.05, 4.69) is 49.3 Å². The summed E-state index contributed by atoms with van der Waals surface area (Å²) in [5, 5.41) is 3.24. The smallest absolute Gasteiger partial charge is 0.226 e. The molecule has 0 spiro atoms. The molecule has 0 atom stereocenters. The van der Waals surface area contributed by atoms with Crippen LogP contribution in [0.2, 0.25) is 0 Å². The Morgan fingerprint density at radius 1 is 1.24 bits per heavy atom. The molecule has 2 rings (SSSR count). The Morgan fingerprint density at radius 2 is 1.94 bits per heavy atom. The van der Waals surface area contributed by atoms with Gasteiger partial charge in [0.15, 0.2) is 0 Å². The number of benzene rings is 1. The predicted molar refractivity (Wildman–Crippen MR) is 68.8 cm³/mol. The van der Waals surface area contributed by atoms with Crippen LogP contribution in [-0.2, 0) is 6.54 Å². The number of aromatic nitrogens is 1. The van der Waals surface area contributed by atoms with Crippen LogP contribution in [0.4, 0.5) is 0 Å². The molecule has 1 heterocycles. The van der Waals surface area contributed by atoms with E-state index in [9.17, 15) is 0 Å². The van der Waals surface area contributed by atoms with E-state index in [-0.39, 0.29) is 0 Å². The molecule has 0 aliphatic carbocycles. The molecule has 90 valence electrons. The van der Waals surface area contributed by atoms with Gasteiger partial charge < -0.3 is 9.73 Å². The van der Waals surface area contributed by atoms with E-state index in [0.29, 0.717) is 5.89 Å². The first kappa shape index (κ1) is 11.9. The Morgan fingerprint density at radius 3 is 2.59 bits per heavy atom. The zero-order chi connectivity index (χ0) is 12.3. The van der Waals surface area contributed by atoms with E-state index >= 15 is 0 Å². The molecular weight excluding hydrogens is 212 g/mol. The van der Waals surface area contributed by atoms with Crippen LogP contribution in [0.3, 0.4) is 0 Å². The molecule has 0 saturated carbocycles. The third kappa shape index (κ3) is 2.56. The normalized spacial score (nSPS) is 10.8. The Labute approximate surface area is 102 Å². The average molecular weight is 230 g/mol. The van der Waals surface area contributed by atoms with Gasteiger partial charge in [-0.1, -0.05) is 25.1 Å². The minimum absolute atomic E-state index is 0.716. The maximum absolute atomic E-state index is 5.56. The highest BCUT2D eigenvalue weighted by Gasteiger charge is 2.11. The lowest BCUT2D eigenvalue weighted by Crippen LogP contribution is -2.11. The zero-order valence-electron chi connectivity index (χ0n) is 10.6. The first-order valence-corrected chi connectivity index (χ1v) is 5.94. The van der Waals surface area contributed by atoms with Crippen LogP contribution in [0, 0.1) is 13.8 Å². The van der Waals surface area contributed by atoms with Crippen molar-refractivity contribution in [3.05, 3.63) is 41.3 Å². The Hall–Kier alpha value is -1.61. The highest BCUT2D eigenvalue weighted by atomic mass is 16.3. The summed E-state index contributed by atoms with van der Waals surface area (Å²) in [7, 11) is 0. The van der Waals surface area contributed by atoms with Gasteiger partial charge in [-0.2, -0.15) is 0 Å². The molecule has 0 aliphatic rings. The number of nitrogens with zero attached hydrogens (tertiary/aromatic N) is 1. The van der Waals surface area contributed by atoms with E-state index < -0.39 is 0 Å². The fourth-order valence-corrected chi connectivity index (χ4v) is 1.91. The molecule has 1 aromatic carbocycles. The van der Waals surface area contributed by atoms with Gasteiger partial charge in [0, 0.05) is 12.1 Å². The van der Waals surface area contributed by atoms with Crippen molar-refractivity contribution in [3.8, 4) is 11.5 Å². The summed E-state index contributed by atoms with van der Waals surface area (Å²) in [6.45, 7) is 7.93. The van der Waals surface area contributed by atoms with Crippen LogP contribution in [0.15, 0.2) is 28.9 Å². The van der Waals surface area contributed by atoms with Gasteiger partial charge >= 0.3 is 0 Å². The van der Waals surface area contributed by atoms with Crippen LogP contribution in [0.5, 0.6) is 0 Å². The van der Waals surface area contributed by atoms with E-state index in [1.165, 1.54) is 11.1 Å². The summed E-state index contributed by atoms with van der Waals surface area (Å²) in [6.07, 6.45) is 1.73. The number of aryl methyl sites for hydroxylation is 2. The van der Waals surface area contributed by atoms with Crippen molar-refractivity contribution in [3.63, 3.8) is 0 Å². The molecule has 2 aromatic rings. The van der Waals surface area contributed by atoms with Gasteiger partial charge in [0.1, 0.15) is 6.26 Å². The molecule has 3 nitrogen and oxygen atoms in total. The number of rotatable bonds is 4. The monoisotopic (exact) mass is 230 g/mol. The molecule has 0 aliphatic heterocycles. The second kappa shape index (κ2) is 5.15. The summed E-state index contributed by atoms with van der Waals surface area (Å²) in [6, 6.07) is 6.21. The van der Waals surface area contributed by atoms with Crippen molar-refractivity contribution < 1.29 is 4.42 Å². The number of nitrogens with one attached hydrogen (secondary N) is 1. The molecule has 0 unspecified atom stereocenters. The van der Waals surface area contributed by atoms with Crippen LogP contribution in [-0.4, -0.2) is 11.5 Å². The predicted octanol–water partition coefficient (Wildman–Crippen LogP) is 3.07. The lowest BCUT2D eigenvalue weighted by Gasteiger charge is -2.04. The maximum Gasteiger partial charge on any atom is 0.226 e. The third-order valence-corrected chi connectivity index (χ3v) is 2.80. The van der Waals surface area contributed by atoms with Crippen molar-refractivity contribution in [1.29, 1.82) is 0 Å². The molecule has 0 bridgehead atoms. The van der Waals surface area contributed by atoms with Crippen LogP contribution >= 0.6 is 0 Å². The van der Waals surface area contributed by atoms with Crippen molar-refractivity contribution in [1.82, 2.24) is 10.3 Å². The van der Waals surface area contributed by atoms with Crippen molar-refractivity contribution in [2.24, 2.45) is 0 Å². The average Bonchev–Trinajstić information content (AvgIpc) is 2.75. The number of oxazole rings is 1. The molecule has 17 heavy (non-hydrogen) atoms. The molecule has 3 heteroatoms. The topological polar surface area (TPSA) is 38.1 Å². The molecule has 1 N–H and O–H groups in total. The first-order valence-electron chi connectivity index (χ1n) is 5.94. The van der Waals surface area contributed by atoms with Gasteiger partial charge in [-0.05, 0) is 31.5 Å². The minimum atomic E-state index is 0.716. The van der Waals surface area contributed by atoms with Crippen molar-refractivity contribution in [2.75, 3.05) is 6.54 Å². The quantitative estimate of drug-likeness (QED) is 0.877. The number of hydrogen-bond donors (Lipinski definition) is 1. The molecular formula is C14H18N2O. The highest BCUT2D eigenvalue weighted by molar-refractivity contribution is 5.63. The fourth-order valence-electron chi connectivity index (χ4n) is 1.91. The second-order valence-corrected chi connectivity index (χ2v) is 4.19. The largest absolute Gasteiger partial charge is 0.444 e. The summed E-state index contributed by atoms with van der Waals surface area (Å²) in [4.78, 5) is 4.51. The molecule has 0 amide bonds. The van der Waals surface area contributed by atoms with Crippen LogP contribution in [0.25, 0.3) is 11.5 Å². The SMILES string of the molecule is CCNCc1coc(-c2c(C)cccc2C)n1.